The summed E-state index contributed by atoms with van der Waals surface area (Å²) in [6.45, 7) is 5.46. The summed E-state index contributed by atoms with van der Waals surface area (Å²) in [6.07, 6.45) is 2.32. The number of rotatable bonds is 5. The van der Waals surface area contributed by atoms with Crippen molar-refractivity contribution in [2.45, 2.75) is 32.9 Å². The minimum atomic E-state index is 0.0811. The second kappa shape index (κ2) is 7.81. The van der Waals surface area contributed by atoms with E-state index in [2.05, 4.69) is 20.7 Å². The van der Waals surface area contributed by atoms with Gasteiger partial charge in [-0.2, -0.15) is 16.9 Å². The Morgan fingerprint density at radius 1 is 1.46 bits per heavy atom. The molecule has 1 atom stereocenters. The van der Waals surface area contributed by atoms with Crippen LogP contribution in [0.1, 0.15) is 23.4 Å². The molecule has 24 heavy (non-hydrogen) atoms. The number of amides is 1. The predicted molar refractivity (Wildman–Crippen MR) is 96.4 cm³/mol. The third kappa shape index (κ3) is 4.36. The molecule has 2 aromatic heterocycles. The van der Waals surface area contributed by atoms with Crippen molar-refractivity contribution in [2.75, 3.05) is 18.1 Å². The summed E-state index contributed by atoms with van der Waals surface area (Å²) in [4.78, 5) is 16.5. The Morgan fingerprint density at radius 2 is 2.33 bits per heavy atom. The fourth-order valence-corrected chi connectivity index (χ4v) is 3.70. The molecule has 3 rings (SSSR count). The second-order valence-electron chi connectivity index (χ2n) is 6.07. The van der Waals surface area contributed by atoms with Crippen LogP contribution in [0.2, 0.25) is 0 Å². The number of aryl methyl sites for hydroxylation is 2. The molecule has 1 unspecified atom stereocenters. The van der Waals surface area contributed by atoms with E-state index < -0.39 is 0 Å². The van der Waals surface area contributed by atoms with Crippen LogP contribution in [0, 0.1) is 13.8 Å². The van der Waals surface area contributed by atoms with E-state index in [1.807, 2.05) is 48.5 Å². The van der Waals surface area contributed by atoms with Gasteiger partial charge in [0.2, 0.25) is 5.91 Å². The molecule has 3 heterocycles. The summed E-state index contributed by atoms with van der Waals surface area (Å²) in [5, 5.41) is 10.8. The largest absolute Gasteiger partial charge is 0.352 e. The first-order chi connectivity index (χ1) is 11.6. The number of hydrogen-bond acceptors (Lipinski definition) is 5. The molecule has 1 fully saturated rings. The van der Waals surface area contributed by atoms with Gasteiger partial charge in [-0.15, -0.1) is 0 Å². The van der Waals surface area contributed by atoms with Crippen LogP contribution in [-0.2, 0) is 11.3 Å². The van der Waals surface area contributed by atoms with Crippen LogP contribution in [0.3, 0.4) is 0 Å². The average molecular weight is 345 g/mol. The predicted octanol–water partition coefficient (Wildman–Crippen LogP) is 1.60. The van der Waals surface area contributed by atoms with Crippen LogP contribution >= 0.6 is 11.8 Å². The lowest BCUT2D eigenvalue weighted by Crippen LogP contribution is -2.41. The quantitative estimate of drug-likeness (QED) is 0.861. The molecule has 1 aliphatic heterocycles. The molecule has 2 N–H and O–H groups in total. The van der Waals surface area contributed by atoms with Crippen LogP contribution < -0.4 is 10.6 Å². The highest BCUT2D eigenvalue weighted by molar-refractivity contribution is 7.99. The molecule has 1 aliphatic rings. The summed E-state index contributed by atoms with van der Waals surface area (Å²) in [5.74, 6) is 3.01. The van der Waals surface area contributed by atoms with Crippen molar-refractivity contribution in [3.63, 3.8) is 0 Å². The lowest BCUT2D eigenvalue weighted by molar-refractivity contribution is -0.121. The SMILES string of the molecule is Cc1cc(C)n(-c2ccc(CNC(=O)CC3CSCCN3)cn2)n1. The maximum absolute atomic E-state index is 12.0. The summed E-state index contributed by atoms with van der Waals surface area (Å²) in [6, 6.07) is 6.22. The van der Waals surface area contributed by atoms with Crippen molar-refractivity contribution in [1.29, 1.82) is 0 Å². The van der Waals surface area contributed by atoms with Crippen LogP contribution in [-0.4, -0.2) is 44.8 Å². The minimum Gasteiger partial charge on any atom is -0.352 e. The second-order valence-corrected chi connectivity index (χ2v) is 7.22. The zero-order valence-electron chi connectivity index (χ0n) is 14.1. The summed E-state index contributed by atoms with van der Waals surface area (Å²) >= 11 is 1.90. The lowest BCUT2D eigenvalue weighted by Gasteiger charge is -2.22. The summed E-state index contributed by atoms with van der Waals surface area (Å²) < 4.78 is 1.82. The normalized spacial score (nSPS) is 17.7. The van der Waals surface area contributed by atoms with Crippen LogP contribution in [0.15, 0.2) is 24.4 Å². The molecule has 0 aliphatic carbocycles. The first-order valence-electron chi connectivity index (χ1n) is 8.18. The zero-order valence-corrected chi connectivity index (χ0v) is 14.9. The van der Waals surface area contributed by atoms with Gasteiger partial charge < -0.3 is 10.6 Å². The molecule has 6 nitrogen and oxygen atoms in total. The van der Waals surface area contributed by atoms with Gasteiger partial charge in [0, 0.05) is 48.9 Å². The molecule has 2 aromatic rings. The smallest absolute Gasteiger partial charge is 0.221 e. The number of pyridine rings is 1. The third-order valence-electron chi connectivity index (χ3n) is 3.96. The van der Waals surface area contributed by atoms with Crippen molar-refractivity contribution in [1.82, 2.24) is 25.4 Å². The Hall–Kier alpha value is -1.86. The first-order valence-corrected chi connectivity index (χ1v) is 9.33. The van der Waals surface area contributed by atoms with Crippen LogP contribution in [0.25, 0.3) is 5.82 Å². The highest BCUT2D eigenvalue weighted by Gasteiger charge is 2.16. The van der Waals surface area contributed by atoms with Crippen molar-refractivity contribution in [3.05, 3.63) is 41.3 Å². The highest BCUT2D eigenvalue weighted by Crippen LogP contribution is 2.11. The van der Waals surface area contributed by atoms with Gasteiger partial charge in [0.25, 0.3) is 0 Å². The Kier molecular flexibility index (Phi) is 5.52. The van der Waals surface area contributed by atoms with Gasteiger partial charge >= 0.3 is 0 Å². The number of carbonyl (C=O) groups is 1. The summed E-state index contributed by atoms with van der Waals surface area (Å²) in [5.41, 5.74) is 3.01. The van der Waals surface area contributed by atoms with Crippen LogP contribution in [0.5, 0.6) is 0 Å². The molecule has 0 spiro atoms. The van der Waals surface area contributed by atoms with Gasteiger partial charge in [-0.25, -0.2) is 9.67 Å². The number of nitrogens with zero attached hydrogens (tertiary/aromatic N) is 3. The number of aromatic nitrogens is 3. The Bertz CT molecular complexity index is 692. The van der Waals surface area contributed by atoms with Crippen LogP contribution in [0.4, 0.5) is 0 Å². The van der Waals surface area contributed by atoms with Gasteiger partial charge in [-0.1, -0.05) is 6.07 Å². The van der Waals surface area contributed by atoms with Gasteiger partial charge in [0.05, 0.1) is 5.69 Å². The van der Waals surface area contributed by atoms with E-state index in [4.69, 9.17) is 0 Å². The molecule has 128 valence electrons. The Morgan fingerprint density at radius 3 is 2.96 bits per heavy atom. The maximum Gasteiger partial charge on any atom is 0.221 e. The van der Waals surface area contributed by atoms with Crippen molar-refractivity contribution in [3.8, 4) is 5.82 Å². The average Bonchev–Trinajstić information content (AvgIpc) is 2.93. The molecule has 0 saturated carbocycles. The maximum atomic E-state index is 12.0. The van der Waals surface area contributed by atoms with E-state index in [0.29, 0.717) is 13.0 Å². The number of hydrogen-bond donors (Lipinski definition) is 2. The van der Waals surface area contributed by atoms with Crippen molar-refractivity contribution >= 4 is 17.7 Å². The van der Waals surface area contributed by atoms with Gasteiger partial charge in [-0.05, 0) is 31.5 Å². The van der Waals surface area contributed by atoms with E-state index in [9.17, 15) is 4.79 Å². The van der Waals surface area contributed by atoms with Gasteiger partial charge in [-0.3, -0.25) is 4.79 Å². The molecular weight excluding hydrogens is 322 g/mol. The monoisotopic (exact) mass is 345 g/mol. The summed E-state index contributed by atoms with van der Waals surface area (Å²) in [7, 11) is 0. The standard InChI is InChI=1S/C17H23N5OS/c1-12-7-13(2)22(21-12)16-4-3-14(9-19-16)10-20-17(23)8-15-11-24-6-5-18-15/h3-4,7,9,15,18H,5-6,8,10-11H2,1-2H3,(H,20,23). The molecule has 7 heteroatoms. The first kappa shape index (κ1) is 17.0. The lowest BCUT2D eigenvalue weighted by atomic mass is 10.2. The topological polar surface area (TPSA) is 71.8 Å². The van der Waals surface area contributed by atoms with Crippen molar-refractivity contribution in [2.24, 2.45) is 0 Å². The highest BCUT2D eigenvalue weighted by atomic mass is 32.2. The molecule has 1 amide bonds. The zero-order chi connectivity index (χ0) is 16.9. The number of nitrogens with one attached hydrogen (secondary N) is 2. The molecule has 1 saturated heterocycles. The number of carbonyl (C=O) groups excluding carboxylic acids is 1. The molecular formula is C17H23N5OS. The van der Waals surface area contributed by atoms with E-state index in [0.717, 1.165) is 40.8 Å². The van der Waals surface area contributed by atoms with Crippen molar-refractivity contribution < 1.29 is 4.79 Å². The fraction of sp³-hybridized carbons (Fsp3) is 0.471. The molecule has 0 aromatic carbocycles. The number of thioether (sulfide) groups is 1. The van der Waals surface area contributed by atoms with Gasteiger partial charge in [0.1, 0.15) is 0 Å². The third-order valence-corrected chi connectivity index (χ3v) is 5.09. The van der Waals surface area contributed by atoms with E-state index in [1.54, 1.807) is 6.20 Å². The molecule has 0 bridgehead atoms. The van der Waals surface area contributed by atoms with E-state index in [-0.39, 0.29) is 11.9 Å². The van der Waals surface area contributed by atoms with Gasteiger partial charge in [0.15, 0.2) is 5.82 Å². The van der Waals surface area contributed by atoms with E-state index in [1.165, 1.54) is 0 Å². The Labute approximate surface area is 146 Å². The molecule has 0 radical (unpaired) electrons. The fourth-order valence-electron chi connectivity index (χ4n) is 2.75. The van der Waals surface area contributed by atoms with E-state index >= 15 is 0 Å². The Balaban J connectivity index is 1.52. The minimum absolute atomic E-state index is 0.0811.